The molecule has 0 bridgehead atoms. The molecular formula is C28H26N2O3S. The van der Waals surface area contributed by atoms with Crippen molar-refractivity contribution >= 4 is 27.3 Å². The van der Waals surface area contributed by atoms with Gasteiger partial charge in [0.05, 0.1) is 4.90 Å². The summed E-state index contributed by atoms with van der Waals surface area (Å²) in [6.45, 7) is 5.60. The minimum atomic E-state index is -3.88. The fourth-order valence-corrected chi connectivity index (χ4v) is 5.02. The van der Waals surface area contributed by atoms with Crippen molar-refractivity contribution in [2.75, 3.05) is 10.0 Å². The molecule has 34 heavy (non-hydrogen) atoms. The standard InChI is InChI=1S/C28H26N2O3S/c1-19-14-16-24(17-21(19)3)30-34(32,33)27-18-23(15-13-20(27)2)28(31)29-26-12-8-7-11-25(26)22-9-5-4-6-10-22/h4-18,30H,1-3H3,(H,29,31). The number of hydrogen-bond donors (Lipinski definition) is 2. The summed E-state index contributed by atoms with van der Waals surface area (Å²) in [4.78, 5) is 13.2. The minimum Gasteiger partial charge on any atom is -0.321 e. The third kappa shape index (κ3) is 5.02. The first-order valence-corrected chi connectivity index (χ1v) is 12.4. The van der Waals surface area contributed by atoms with Crippen molar-refractivity contribution < 1.29 is 13.2 Å². The summed E-state index contributed by atoms with van der Waals surface area (Å²) in [6, 6.07) is 27.4. The Labute approximate surface area is 200 Å². The zero-order valence-corrected chi connectivity index (χ0v) is 20.1. The van der Waals surface area contributed by atoms with E-state index in [9.17, 15) is 13.2 Å². The highest BCUT2D eigenvalue weighted by Crippen LogP contribution is 2.28. The van der Waals surface area contributed by atoms with Crippen molar-refractivity contribution in [2.45, 2.75) is 25.7 Å². The topological polar surface area (TPSA) is 75.3 Å². The first-order valence-electron chi connectivity index (χ1n) is 10.9. The van der Waals surface area contributed by atoms with Crippen molar-refractivity contribution in [3.63, 3.8) is 0 Å². The highest BCUT2D eigenvalue weighted by molar-refractivity contribution is 7.92. The number of amides is 1. The molecule has 0 atom stereocenters. The maximum Gasteiger partial charge on any atom is 0.262 e. The molecule has 5 nitrogen and oxygen atoms in total. The highest BCUT2D eigenvalue weighted by atomic mass is 32.2. The summed E-state index contributed by atoms with van der Waals surface area (Å²) < 4.78 is 28.9. The van der Waals surface area contributed by atoms with E-state index in [1.165, 1.54) is 6.07 Å². The number of nitrogens with one attached hydrogen (secondary N) is 2. The van der Waals surface area contributed by atoms with Gasteiger partial charge >= 0.3 is 0 Å². The molecule has 0 fully saturated rings. The number of hydrogen-bond acceptors (Lipinski definition) is 3. The van der Waals surface area contributed by atoms with Gasteiger partial charge in [-0.05, 0) is 73.4 Å². The Kier molecular flexibility index (Phi) is 6.52. The van der Waals surface area contributed by atoms with Gasteiger partial charge in [0.1, 0.15) is 0 Å². The molecule has 0 saturated carbocycles. The Morgan fingerprint density at radius 1 is 0.706 bits per heavy atom. The number of carbonyl (C=O) groups is 1. The quantitative estimate of drug-likeness (QED) is 0.346. The van der Waals surface area contributed by atoms with Gasteiger partial charge < -0.3 is 5.32 Å². The van der Waals surface area contributed by atoms with Crippen LogP contribution in [-0.4, -0.2) is 14.3 Å². The molecule has 4 aromatic rings. The lowest BCUT2D eigenvalue weighted by molar-refractivity contribution is 0.102. The van der Waals surface area contributed by atoms with Crippen LogP contribution in [0.4, 0.5) is 11.4 Å². The summed E-state index contributed by atoms with van der Waals surface area (Å²) in [7, 11) is -3.88. The third-order valence-corrected chi connectivity index (χ3v) is 7.28. The van der Waals surface area contributed by atoms with Crippen LogP contribution < -0.4 is 10.0 Å². The van der Waals surface area contributed by atoms with Gasteiger partial charge in [-0.15, -0.1) is 0 Å². The van der Waals surface area contributed by atoms with Crippen LogP contribution in [-0.2, 0) is 10.0 Å². The molecule has 4 aromatic carbocycles. The van der Waals surface area contributed by atoms with Crippen LogP contribution in [0.1, 0.15) is 27.0 Å². The summed E-state index contributed by atoms with van der Waals surface area (Å²) in [5, 5.41) is 2.93. The minimum absolute atomic E-state index is 0.0646. The summed E-state index contributed by atoms with van der Waals surface area (Å²) in [5.74, 6) is -0.383. The zero-order chi connectivity index (χ0) is 24.3. The van der Waals surface area contributed by atoms with Crippen LogP contribution in [0.3, 0.4) is 0 Å². The highest BCUT2D eigenvalue weighted by Gasteiger charge is 2.20. The van der Waals surface area contributed by atoms with Gasteiger partial charge in [-0.25, -0.2) is 8.42 Å². The maximum absolute atomic E-state index is 13.1. The molecule has 0 saturated heterocycles. The van der Waals surface area contributed by atoms with E-state index < -0.39 is 10.0 Å². The van der Waals surface area contributed by atoms with E-state index in [-0.39, 0.29) is 16.4 Å². The van der Waals surface area contributed by atoms with Gasteiger partial charge in [0, 0.05) is 22.5 Å². The normalized spacial score (nSPS) is 11.1. The van der Waals surface area contributed by atoms with Crippen LogP contribution in [0.15, 0.2) is 95.9 Å². The van der Waals surface area contributed by atoms with Crippen LogP contribution >= 0.6 is 0 Å². The van der Waals surface area contributed by atoms with Crippen LogP contribution in [0, 0.1) is 20.8 Å². The molecule has 4 rings (SSSR count). The molecule has 2 N–H and O–H groups in total. The van der Waals surface area contributed by atoms with E-state index in [1.807, 2.05) is 74.5 Å². The number of para-hydroxylation sites is 1. The van der Waals surface area contributed by atoms with Gasteiger partial charge in [0.25, 0.3) is 15.9 Å². The molecular weight excluding hydrogens is 444 g/mol. The second kappa shape index (κ2) is 9.53. The van der Waals surface area contributed by atoms with E-state index in [2.05, 4.69) is 10.0 Å². The number of rotatable bonds is 6. The Morgan fingerprint density at radius 2 is 1.38 bits per heavy atom. The van der Waals surface area contributed by atoms with Crippen molar-refractivity contribution in [3.8, 4) is 11.1 Å². The van der Waals surface area contributed by atoms with E-state index in [4.69, 9.17) is 0 Å². The summed E-state index contributed by atoms with van der Waals surface area (Å²) in [5.41, 5.74) is 5.87. The first kappa shape index (κ1) is 23.3. The monoisotopic (exact) mass is 470 g/mol. The van der Waals surface area contributed by atoms with Gasteiger partial charge in [0.15, 0.2) is 0 Å². The Morgan fingerprint density at radius 3 is 2.12 bits per heavy atom. The third-order valence-electron chi connectivity index (χ3n) is 5.76. The Bertz CT molecular complexity index is 1460. The maximum atomic E-state index is 13.1. The number of sulfonamides is 1. The molecule has 0 aliphatic rings. The number of aryl methyl sites for hydroxylation is 3. The van der Waals surface area contributed by atoms with E-state index >= 15 is 0 Å². The van der Waals surface area contributed by atoms with Gasteiger partial charge in [-0.3, -0.25) is 9.52 Å². The molecule has 0 aromatic heterocycles. The smallest absolute Gasteiger partial charge is 0.262 e. The molecule has 0 unspecified atom stereocenters. The van der Waals surface area contributed by atoms with Gasteiger partial charge in [0.2, 0.25) is 0 Å². The molecule has 0 radical (unpaired) electrons. The van der Waals surface area contributed by atoms with Gasteiger partial charge in [-0.2, -0.15) is 0 Å². The fraction of sp³-hybridized carbons (Fsp3) is 0.107. The lowest BCUT2D eigenvalue weighted by Gasteiger charge is -2.14. The summed E-state index contributed by atoms with van der Waals surface area (Å²) in [6.07, 6.45) is 0. The van der Waals surface area contributed by atoms with Crippen molar-refractivity contribution in [1.29, 1.82) is 0 Å². The molecule has 0 heterocycles. The number of benzene rings is 4. The van der Waals surface area contributed by atoms with Crippen molar-refractivity contribution in [3.05, 3.63) is 113 Å². The molecule has 1 amide bonds. The molecule has 0 spiro atoms. The molecule has 6 heteroatoms. The molecule has 0 aliphatic carbocycles. The lowest BCUT2D eigenvalue weighted by atomic mass is 10.0. The Hall–Kier alpha value is -3.90. The lowest BCUT2D eigenvalue weighted by Crippen LogP contribution is -2.17. The average molecular weight is 471 g/mol. The average Bonchev–Trinajstić information content (AvgIpc) is 2.82. The fourth-order valence-electron chi connectivity index (χ4n) is 3.70. The second-order valence-corrected chi connectivity index (χ2v) is 9.90. The largest absolute Gasteiger partial charge is 0.321 e. The van der Waals surface area contributed by atoms with Crippen LogP contribution in [0.25, 0.3) is 11.1 Å². The second-order valence-electron chi connectivity index (χ2n) is 8.25. The molecule has 172 valence electrons. The van der Waals surface area contributed by atoms with E-state index in [1.54, 1.807) is 31.2 Å². The van der Waals surface area contributed by atoms with Gasteiger partial charge in [-0.1, -0.05) is 60.7 Å². The Balaban J connectivity index is 1.62. The summed E-state index contributed by atoms with van der Waals surface area (Å²) >= 11 is 0. The number of anilines is 2. The van der Waals surface area contributed by atoms with E-state index in [0.29, 0.717) is 16.9 Å². The predicted octanol–water partition coefficient (Wildman–Crippen LogP) is 6.33. The predicted molar refractivity (Wildman–Crippen MR) is 138 cm³/mol. The molecule has 0 aliphatic heterocycles. The number of carbonyl (C=O) groups excluding carboxylic acids is 1. The van der Waals surface area contributed by atoms with Crippen LogP contribution in [0.2, 0.25) is 0 Å². The van der Waals surface area contributed by atoms with Crippen molar-refractivity contribution in [1.82, 2.24) is 0 Å². The zero-order valence-electron chi connectivity index (χ0n) is 19.3. The van der Waals surface area contributed by atoms with Crippen molar-refractivity contribution in [2.24, 2.45) is 0 Å². The first-order chi connectivity index (χ1) is 16.2. The van der Waals surface area contributed by atoms with Crippen LogP contribution in [0.5, 0.6) is 0 Å². The van der Waals surface area contributed by atoms with E-state index in [0.717, 1.165) is 22.3 Å². The SMILES string of the molecule is Cc1ccc(NS(=O)(=O)c2cc(C(=O)Nc3ccccc3-c3ccccc3)ccc2C)cc1C.